The summed E-state index contributed by atoms with van der Waals surface area (Å²) in [5.74, 6) is -2.37. The number of aromatic nitrogens is 1. The van der Waals surface area contributed by atoms with Gasteiger partial charge in [0.1, 0.15) is 17.6 Å². The average Bonchev–Trinajstić information content (AvgIpc) is 2.90. The van der Waals surface area contributed by atoms with E-state index in [1.54, 1.807) is 18.2 Å². The molecule has 0 unspecified atom stereocenters. The lowest BCUT2D eigenvalue weighted by Gasteiger charge is -2.05. The number of hydrogen-bond acceptors (Lipinski definition) is 4. The molecular weight excluding hydrogens is 280 g/mol. The number of ketones is 3. The molecule has 0 amide bonds. The number of nitriles is 1. The number of aromatic amines is 1. The first-order valence-corrected chi connectivity index (χ1v) is 6.69. The van der Waals surface area contributed by atoms with Gasteiger partial charge in [-0.3, -0.25) is 14.4 Å². The van der Waals surface area contributed by atoms with Crippen LogP contribution in [0, 0.1) is 17.2 Å². The third-order valence-electron chi connectivity index (χ3n) is 3.41. The van der Waals surface area contributed by atoms with E-state index in [2.05, 4.69) is 4.98 Å². The highest BCUT2D eigenvalue weighted by molar-refractivity contribution is 6.18. The van der Waals surface area contributed by atoms with Crippen molar-refractivity contribution in [2.75, 3.05) is 0 Å². The molecule has 1 heterocycles. The number of allylic oxidation sites excluding steroid dienone is 2. The van der Waals surface area contributed by atoms with Crippen LogP contribution in [0.1, 0.15) is 24.2 Å². The van der Waals surface area contributed by atoms with Crippen LogP contribution in [0.2, 0.25) is 0 Å². The molecule has 22 heavy (non-hydrogen) atoms. The Labute approximate surface area is 127 Å². The highest BCUT2D eigenvalue weighted by atomic mass is 16.1. The topological polar surface area (TPSA) is 90.8 Å². The molecule has 1 N–H and O–H groups in total. The normalized spacial score (nSPS) is 11.5. The molecule has 0 saturated carbocycles. The van der Waals surface area contributed by atoms with E-state index < -0.39 is 23.3 Å². The van der Waals surface area contributed by atoms with Gasteiger partial charge in [-0.05, 0) is 26.0 Å². The maximum absolute atomic E-state index is 12.5. The van der Waals surface area contributed by atoms with E-state index in [9.17, 15) is 19.6 Å². The largest absolute Gasteiger partial charge is 0.360 e. The molecule has 0 saturated heterocycles. The summed E-state index contributed by atoms with van der Waals surface area (Å²) in [6, 6.07) is 8.99. The third-order valence-corrected chi connectivity index (χ3v) is 3.41. The Balaban J connectivity index is 2.48. The van der Waals surface area contributed by atoms with Gasteiger partial charge in [-0.2, -0.15) is 5.26 Å². The molecule has 0 bridgehead atoms. The van der Waals surface area contributed by atoms with Crippen molar-refractivity contribution in [2.45, 2.75) is 13.8 Å². The maximum atomic E-state index is 12.5. The molecule has 5 heteroatoms. The second kappa shape index (κ2) is 6.19. The molecule has 0 radical (unpaired) electrons. The average molecular weight is 294 g/mol. The molecule has 0 aliphatic heterocycles. The summed E-state index contributed by atoms with van der Waals surface area (Å²) in [5.41, 5.74) is 0.909. The second-order valence-electron chi connectivity index (χ2n) is 4.97. The zero-order valence-electron chi connectivity index (χ0n) is 12.2. The van der Waals surface area contributed by atoms with Gasteiger partial charge in [0.15, 0.2) is 0 Å². The molecule has 0 aliphatic rings. The van der Waals surface area contributed by atoms with Gasteiger partial charge in [0.25, 0.3) is 0 Å². The van der Waals surface area contributed by atoms with Gasteiger partial charge in [-0.15, -0.1) is 0 Å². The summed E-state index contributed by atoms with van der Waals surface area (Å²) < 4.78 is 0. The smallest absolute Gasteiger partial charge is 0.205 e. The fourth-order valence-corrected chi connectivity index (χ4v) is 2.26. The van der Waals surface area contributed by atoms with Gasteiger partial charge in [0.2, 0.25) is 5.78 Å². The number of benzene rings is 1. The monoisotopic (exact) mass is 294 g/mol. The summed E-state index contributed by atoms with van der Waals surface area (Å²) in [6.07, 6.45) is 2.67. The highest BCUT2D eigenvalue weighted by Crippen LogP contribution is 2.21. The number of hydrogen-bond donors (Lipinski definition) is 1. The van der Waals surface area contributed by atoms with Crippen LogP contribution in [0.3, 0.4) is 0 Å². The van der Waals surface area contributed by atoms with Crippen molar-refractivity contribution in [1.29, 1.82) is 5.26 Å². The van der Waals surface area contributed by atoms with Crippen molar-refractivity contribution >= 4 is 28.3 Å². The minimum atomic E-state index is -1.07. The highest BCUT2D eigenvalue weighted by Gasteiger charge is 2.22. The lowest BCUT2D eigenvalue weighted by Crippen LogP contribution is -2.18. The van der Waals surface area contributed by atoms with Crippen molar-refractivity contribution in [1.82, 2.24) is 4.98 Å². The number of nitrogens with one attached hydrogen (secondary N) is 1. The fraction of sp³-hybridized carbons (Fsp3) is 0.176. The Bertz CT molecular complexity index is 823. The summed E-state index contributed by atoms with van der Waals surface area (Å²) >= 11 is 0. The van der Waals surface area contributed by atoms with Crippen molar-refractivity contribution in [3.8, 4) is 6.07 Å². The molecule has 110 valence electrons. The Hall–Kier alpha value is -3.00. The van der Waals surface area contributed by atoms with Crippen LogP contribution in [0.25, 0.3) is 10.9 Å². The maximum Gasteiger partial charge on any atom is 0.205 e. The van der Waals surface area contributed by atoms with Gasteiger partial charge in [-0.25, -0.2) is 0 Å². The number of nitrogens with zero attached hydrogens (tertiary/aromatic N) is 1. The van der Waals surface area contributed by atoms with Crippen molar-refractivity contribution in [3.63, 3.8) is 0 Å². The predicted molar refractivity (Wildman–Crippen MR) is 81.2 cm³/mol. The Morgan fingerprint density at radius 3 is 2.41 bits per heavy atom. The first kappa shape index (κ1) is 15.4. The number of carbonyl (C=O) groups excluding carboxylic acids is 3. The molecule has 0 atom stereocenters. The van der Waals surface area contributed by atoms with Gasteiger partial charge in [0.05, 0.1) is 11.5 Å². The van der Waals surface area contributed by atoms with E-state index >= 15 is 0 Å². The Morgan fingerprint density at radius 2 is 1.82 bits per heavy atom. The van der Waals surface area contributed by atoms with E-state index in [4.69, 9.17) is 0 Å². The van der Waals surface area contributed by atoms with Crippen LogP contribution in [0.5, 0.6) is 0 Å². The molecule has 1 aromatic heterocycles. The molecule has 0 aliphatic carbocycles. The van der Waals surface area contributed by atoms with Crippen LogP contribution in [0.4, 0.5) is 0 Å². The lowest BCUT2D eigenvalue weighted by molar-refractivity contribution is -0.128. The van der Waals surface area contributed by atoms with E-state index in [-0.39, 0.29) is 5.57 Å². The standard InChI is InChI=1S/C17H14N2O3/c1-10(20)14(11(2)21)7-12(8-18)17(22)15-9-19-16-6-4-3-5-13(15)16/h3-7,9,14,19H,1-2H3/b12-7+. The molecule has 0 fully saturated rings. The van der Waals surface area contributed by atoms with Crippen LogP contribution in [-0.2, 0) is 9.59 Å². The van der Waals surface area contributed by atoms with Crippen molar-refractivity contribution < 1.29 is 14.4 Å². The van der Waals surface area contributed by atoms with Crippen LogP contribution < -0.4 is 0 Å². The first-order chi connectivity index (χ1) is 10.5. The number of Topliss-reactive ketones (excluding diaryl/α,β-unsaturated/α-hetero) is 3. The Kier molecular flexibility index (Phi) is 4.33. The van der Waals surface area contributed by atoms with Gasteiger partial charge < -0.3 is 4.98 Å². The van der Waals surface area contributed by atoms with E-state index in [1.165, 1.54) is 20.0 Å². The number of fused-ring (bicyclic) bond motifs is 1. The third kappa shape index (κ3) is 2.86. The quantitative estimate of drug-likeness (QED) is 0.397. The first-order valence-electron chi connectivity index (χ1n) is 6.69. The van der Waals surface area contributed by atoms with E-state index in [0.717, 1.165) is 11.6 Å². The molecule has 1 aromatic carbocycles. The SMILES string of the molecule is CC(=O)C(/C=C(\C#N)C(=O)c1c[nH]c2ccccc12)C(C)=O. The molecule has 5 nitrogen and oxygen atoms in total. The molecule has 2 aromatic rings. The lowest BCUT2D eigenvalue weighted by atomic mass is 9.94. The number of rotatable bonds is 5. The summed E-state index contributed by atoms with van der Waals surface area (Å²) in [5, 5.41) is 9.90. The number of para-hydroxylation sites is 1. The summed E-state index contributed by atoms with van der Waals surface area (Å²) in [7, 11) is 0. The zero-order chi connectivity index (χ0) is 16.3. The number of carbonyl (C=O) groups is 3. The van der Waals surface area contributed by atoms with Crippen LogP contribution in [0.15, 0.2) is 42.1 Å². The molecule has 2 rings (SSSR count). The molecular formula is C17H14N2O3. The van der Waals surface area contributed by atoms with Gasteiger partial charge in [-0.1, -0.05) is 18.2 Å². The van der Waals surface area contributed by atoms with Crippen molar-refractivity contribution in [2.24, 2.45) is 5.92 Å². The fourth-order valence-electron chi connectivity index (χ4n) is 2.26. The number of H-pyrrole nitrogens is 1. The minimum absolute atomic E-state index is 0.208. The van der Waals surface area contributed by atoms with Gasteiger partial charge >= 0.3 is 0 Å². The van der Waals surface area contributed by atoms with E-state index in [0.29, 0.717) is 10.9 Å². The van der Waals surface area contributed by atoms with Gasteiger partial charge in [0, 0.05) is 22.7 Å². The Morgan fingerprint density at radius 1 is 1.18 bits per heavy atom. The van der Waals surface area contributed by atoms with E-state index in [1.807, 2.05) is 12.1 Å². The minimum Gasteiger partial charge on any atom is -0.360 e. The zero-order valence-corrected chi connectivity index (χ0v) is 12.2. The van der Waals surface area contributed by atoms with Crippen LogP contribution in [-0.4, -0.2) is 22.3 Å². The molecule has 0 spiro atoms. The second-order valence-corrected chi connectivity index (χ2v) is 4.97. The predicted octanol–water partition coefficient (Wildman–Crippen LogP) is 2.59. The van der Waals surface area contributed by atoms with Crippen molar-refractivity contribution in [3.05, 3.63) is 47.7 Å². The summed E-state index contributed by atoms with van der Waals surface area (Å²) in [4.78, 5) is 38.4. The summed E-state index contributed by atoms with van der Waals surface area (Å²) in [6.45, 7) is 2.52. The van der Waals surface area contributed by atoms with Crippen LogP contribution >= 0.6 is 0 Å².